The monoisotopic (exact) mass is 245 g/mol. The van der Waals surface area contributed by atoms with E-state index in [1.54, 1.807) is 0 Å². The fourth-order valence-electron chi connectivity index (χ4n) is 2.25. The van der Waals surface area contributed by atoms with E-state index in [1.807, 2.05) is 6.92 Å². The van der Waals surface area contributed by atoms with Crippen LogP contribution >= 0.6 is 11.3 Å². The van der Waals surface area contributed by atoms with Crippen molar-refractivity contribution in [3.8, 4) is 11.3 Å². The van der Waals surface area contributed by atoms with Crippen LogP contribution in [0.5, 0.6) is 0 Å². The number of thiazole rings is 1. The molecule has 2 rings (SSSR count). The predicted molar refractivity (Wildman–Crippen MR) is 71.9 cm³/mol. The normalized spacial score (nSPS) is 10.6. The summed E-state index contributed by atoms with van der Waals surface area (Å²) in [5.41, 5.74) is 5.80. The molecule has 2 aromatic rings. The molecule has 0 aliphatic heterocycles. The van der Waals surface area contributed by atoms with Crippen LogP contribution in [0.4, 0.5) is 0 Å². The van der Waals surface area contributed by atoms with Gasteiger partial charge in [0.25, 0.3) is 0 Å². The van der Waals surface area contributed by atoms with Crippen LogP contribution in [0, 0.1) is 27.7 Å². The summed E-state index contributed by atoms with van der Waals surface area (Å²) in [4.78, 5) is 16.3. The van der Waals surface area contributed by atoms with E-state index in [1.165, 1.54) is 28.0 Å². The third kappa shape index (κ3) is 2.15. The maximum absolute atomic E-state index is 10.8. The van der Waals surface area contributed by atoms with E-state index in [0.29, 0.717) is 5.01 Å². The lowest BCUT2D eigenvalue weighted by Crippen LogP contribution is -1.92. The Bertz CT molecular complexity index is 561. The molecule has 3 heteroatoms. The van der Waals surface area contributed by atoms with Gasteiger partial charge in [-0.25, -0.2) is 4.98 Å². The van der Waals surface area contributed by atoms with Crippen molar-refractivity contribution in [3.63, 3.8) is 0 Å². The Labute approximate surface area is 105 Å². The van der Waals surface area contributed by atoms with E-state index in [-0.39, 0.29) is 0 Å². The standard InChI is InChI=1S/C14H15NOS/c1-8-5-9(2)13(10(3)6-8)14-11(4)17-12(7-16)15-14/h5-7H,1-4H3. The summed E-state index contributed by atoms with van der Waals surface area (Å²) >= 11 is 1.45. The number of benzene rings is 1. The first kappa shape index (κ1) is 12.0. The molecule has 0 atom stereocenters. The predicted octanol–water partition coefficient (Wildman–Crippen LogP) is 3.86. The first-order valence-electron chi connectivity index (χ1n) is 5.53. The largest absolute Gasteiger partial charge is 0.295 e. The zero-order valence-electron chi connectivity index (χ0n) is 10.5. The van der Waals surface area contributed by atoms with Crippen molar-refractivity contribution < 1.29 is 4.79 Å². The van der Waals surface area contributed by atoms with Crippen LogP contribution in [0.3, 0.4) is 0 Å². The maximum Gasteiger partial charge on any atom is 0.178 e. The molecular formula is C14H15NOS. The molecule has 0 fully saturated rings. The van der Waals surface area contributed by atoms with Gasteiger partial charge in [-0.2, -0.15) is 0 Å². The topological polar surface area (TPSA) is 30.0 Å². The summed E-state index contributed by atoms with van der Waals surface area (Å²) in [7, 11) is 0. The minimum atomic E-state index is 0.553. The van der Waals surface area contributed by atoms with Crippen molar-refractivity contribution >= 4 is 17.6 Å². The van der Waals surface area contributed by atoms with Crippen LogP contribution in [-0.4, -0.2) is 11.3 Å². The van der Waals surface area contributed by atoms with E-state index < -0.39 is 0 Å². The van der Waals surface area contributed by atoms with E-state index in [0.717, 1.165) is 22.4 Å². The molecule has 0 amide bonds. The van der Waals surface area contributed by atoms with Crippen molar-refractivity contribution in [3.05, 3.63) is 38.7 Å². The third-order valence-corrected chi connectivity index (χ3v) is 3.72. The molecular weight excluding hydrogens is 230 g/mol. The Morgan fingerprint density at radius 1 is 1.12 bits per heavy atom. The Morgan fingerprint density at radius 3 is 2.18 bits per heavy atom. The average molecular weight is 245 g/mol. The molecule has 1 aromatic carbocycles. The third-order valence-electron chi connectivity index (χ3n) is 2.83. The van der Waals surface area contributed by atoms with E-state index in [2.05, 4.69) is 37.9 Å². The highest BCUT2D eigenvalue weighted by atomic mass is 32.1. The molecule has 1 heterocycles. The summed E-state index contributed by atoms with van der Waals surface area (Å²) in [6.07, 6.45) is 0.819. The molecule has 0 unspecified atom stereocenters. The number of carbonyl (C=O) groups is 1. The second-order valence-corrected chi connectivity index (χ2v) is 5.58. The highest BCUT2D eigenvalue weighted by molar-refractivity contribution is 7.13. The fourth-order valence-corrected chi connectivity index (χ4v) is 3.00. The van der Waals surface area contributed by atoms with Crippen LogP contribution in [0.2, 0.25) is 0 Å². The molecule has 0 bridgehead atoms. The lowest BCUT2D eigenvalue weighted by molar-refractivity contribution is 0.112. The minimum Gasteiger partial charge on any atom is -0.295 e. The lowest BCUT2D eigenvalue weighted by atomic mass is 9.97. The summed E-state index contributed by atoms with van der Waals surface area (Å²) in [6, 6.07) is 4.31. The molecule has 0 spiro atoms. The molecule has 88 valence electrons. The Balaban J connectivity index is 2.67. The molecule has 0 N–H and O–H groups in total. The van der Waals surface area contributed by atoms with Gasteiger partial charge >= 0.3 is 0 Å². The number of nitrogens with zero attached hydrogens (tertiary/aromatic N) is 1. The van der Waals surface area contributed by atoms with Crippen LogP contribution < -0.4 is 0 Å². The van der Waals surface area contributed by atoms with Gasteiger partial charge in [-0.15, -0.1) is 11.3 Å². The molecule has 17 heavy (non-hydrogen) atoms. The summed E-state index contributed by atoms with van der Waals surface area (Å²) in [5.74, 6) is 0. The molecule has 0 aliphatic carbocycles. The Hall–Kier alpha value is -1.48. The van der Waals surface area contributed by atoms with Crippen molar-refractivity contribution in [2.24, 2.45) is 0 Å². The van der Waals surface area contributed by atoms with Gasteiger partial charge in [0, 0.05) is 10.4 Å². The van der Waals surface area contributed by atoms with Crippen molar-refractivity contribution in [2.75, 3.05) is 0 Å². The first-order valence-corrected chi connectivity index (χ1v) is 6.35. The maximum atomic E-state index is 10.8. The lowest BCUT2D eigenvalue weighted by Gasteiger charge is -2.09. The van der Waals surface area contributed by atoms with Gasteiger partial charge in [0.05, 0.1) is 5.69 Å². The van der Waals surface area contributed by atoms with Gasteiger partial charge < -0.3 is 0 Å². The highest BCUT2D eigenvalue weighted by Gasteiger charge is 2.14. The Kier molecular flexibility index (Phi) is 3.11. The molecule has 1 aromatic heterocycles. The van der Waals surface area contributed by atoms with Gasteiger partial charge in [0.2, 0.25) is 0 Å². The summed E-state index contributed by atoms with van der Waals surface area (Å²) < 4.78 is 0. The minimum absolute atomic E-state index is 0.553. The second-order valence-electron chi connectivity index (χ2n) is 4.35. The average Bonchev–Trinajstić information content (AvgIpc) is 2.59. The van der Waals surface area contributed by atoms with Gasteiger partial charge in [-0.05, 0) is 38.8 Å². The van der Waals surface area contributed by atoms with Crippen molar-refractivity contribution in [2.45, 2.75) is 27.7 Å². The Morgan fingerprint density at radius 2 is 1.71 bits per heavy atom. The molecule has 0 saturated heterocycles. The van der Waals surface area contributed by atoms with Crippen LogP contribution in [0.15, 0.2) is 12.1 Å². The molecule has 0 saturated carbocycles. The fraction of sp³-hybridized carbons (Fsp3) is 0.286. The number of rotatable bonds is 2. The number of hydrogen-bond acceptors (Lipinski definition) is 3. The number of aryl methyl sites for hydroxylation is 4. The van der Waals surface area contributed by atoms with Gasteiger partial charge in [0.1, 0.15) is 0 Å². The van der Waals surface area contributed by atoms with E-state index in [4.69, 9.17) is 0 Å². The van der Waals surface area contributed by atoms with Crippen LogP contribution in [-0.2, 0) is 0 Å². The van der Waals surface area contributed by atoms with Gasteiger partial charge in [-0.1, -0.05) is 17.7 Å². The van der Waals surface area contributed by atoms with E-state index in [9.17, 15) is 4.79 Å². The number of aromatic nitrogens is 1. The first-order chi connectivity index (χ1) is 8.02. The molecule has 0 radical (unpaired) electrons. The molecule has 2 nitrogen and oxygen atoms in total. The van der Waals surface area contributed by atoms with Crippen LogP contribution in [0.1, 0.15) is 31.4 Å². The van der Waals surface area contributed by atoms with Crippen molar-refractivity contribution in [1.29, 1.82) is 0 Å². The second kappa shape index (κ2) is 4.41. The van der Waals surface area contributed by atoms with Gasteiger partial charge in [0.15, 0.2) is 11.3 Å². The molecule has 0 aliphatic rings. The zero-order valence-corrected chi connectivity index (χ0v) is 11.3. The van der Waals surface area contributed by atoms with Gasteiger partial charge in [-0.3, -0.25) is 4.79 Å². The highest BCUT2D eigenvalue weighted by Crippen LogP contribution is 2.32. The quantitative estimate of drug-likeness (QED) is 0.752. The number of hydrogen-bond donors (Lipinski definition) is 0. The SMILES string of the molecule is Cc1cc(C)c(-c2nc(C=O)sc2C)c(C)c1. The summed E-state index contributed by atoms with van der Waals surface area (Å²) in [5, 5.41) is 0.553. The number of carbonyl (C=O) groups excluding carboxylic acids is 1. The van der Waals surface area contributed by atoms with Crippen LogP contribution in [0.25, 0.3) is 11.3 Å². The van der Waals surface area contributed by atoms with E-state index >= 15 is 0 Å². The smallest absolute Gasteiger partial charge is 0.178 e. The zero-order chi connectivity index (χ0) is 12.6. The number of aldehydes is 1. The van der Waals surface area contributed by atoms with Crippen molar-refractivity contribution in [1.82, 2.24) is 4.98 Å². The summed E-state index contributed by atoms with van der Waals surface area (Å²) in [6.45, 7) is 8.29.